The normalized spacial score (nSPS) is 10.8. The SMILES string of the molecule is COc1c(C(=O)NCc2ccco2)ccc(N)c1C(=N)/C=C/c1ccc(C(C)=O)cc1. The van der Waals surface area contributed by atoms with E-state index in [-0.39, 0.29) is 35.3 Å². The molecule has 0 aliphatic rings. The quantitative estimate of drug-likeness (QED) is 0.290. The molecule has 7 nitrogen and oxygen atoms in total. The average Bonchev–Trinajstić information content (AvgIpc) is 3.29. The Balaban J connectivity index is 1.83. The number of amides is 1. The first-order valence-corrected chi connectivity index (χ1v) is 9.55. The number of anilines is 1. The van der Waals surface area contributed by atoms with E-state index in [1.54, 1.807) is 60.7 Å². The molecule has 0 radical (unpaired) electrons. The lowest BCUT2D eigenvalue weighted by Crippen LogP contribution is -2.24. The van der Waals surface area contributed by atoms with Crippen molar-refractivity contribution < 1.29 is 18.7 Å². The van der Waals surface area contributed by atoms with E-state index >= 15 is 0 Å². The van der Waals surface area contributed by atoms with Gasteiger partial charge < -0.3 is 25.6 Å². The van der Waals surface area contributed by atoms with E-state index in [0.29, 0.717) is 22.6 Å². The number of hydrogen-bond donors (Lipinski definition) is 3. The molecule has 158 valence electrons. The van der Waals surface area contributed by atoms with Gasteiger partial charge in [0.25, 0.3) is 5.91 Å². The molecule has 4 N–H and O–H groups in total. The van der Waals surface area contributed by atoms with Crippen LogP contribution in [-0.2, 0) is 6.54 Å². The summed E-state index contributed by atoms with van der Waals surface area (Å²) in [6, 6.07) is 13.7. The van der Waals surface area contributed by atoms with Crippen molar-refractivity contribution in [1.82, 2.24) is 5.32 Å². The van der Waals surface area contributed by atoms with Gasteiger partial charge in [-0.05, 0) is 42.8 Å². The van der Waals surface area contributed by atoms with Crippen molar-refractivity contribution in [3.05, 3.63) is 88.9 Å². The molecule has 0 unspecified atom stereocenters. The number of nitrogens with two attached hydrogens (primary N) is 1. The zero-order chi connectivity index (χ0) is 22.4. The van der Waals surface area contributed by atoms with Crippen LogP contribution in [0.5, 0.6) is 5.75 Å². The number of Topliss-reactive ketones (excluding diaryl/α,β-unsaturated/α-hetero) is 1. The highest BCUT2D eigenvalue weighted by molar-refractivity contribution is 6.15. The second-order valence-electron chi connectivity index (χ2n) is 6.80. The smallest absolute Gasteiger partial charge is 0.255 e. The molecule has 0 atom stereocenters. The van der Waals surface area contributed by atoms with E-state index in [1.165, 1.54) is 20.3 Å². The third-order valence-corrected chi connectivity index (χ3v) is 4.67. The topological polar surface area (TPSA) is 118 Å². The summed E-state index contributed by atoms with van der Waals surface area (Å²) in [5.41, 5.74) is 8.54. The van der Waals surface area contributed by atoms with Gasteiger partial charge in [0.1, 0.15) is 11.5 Å². The number of ketones is 1. The number of methoxy groups -OCH3 is 1. The molecule has 1 amide bonds. The van der Waals surface area contributed by atoms with E-state index in [4.69, 9.17) is 20.3 Å². The van der Waals surface area contributed by atoms with Crippen LogP contribution in [0.3, 0.4) is 0 Å². The van der Waals surface area contributed by atoms with Gasteiger partial charge in [-0.3, -0.25) is 9.59 Å². The van der Waals surface area contributed by atoms with Crippen LogP contribution >= 0.6 is 0 Å². The number of nitrogens with one attached hydrogen (secondary N) is 2. The summed E-state index contributed by atoms with van der Waals surface area (Å²) in [7, 11) is 1.43. The van der Waals surface area contributed by atoms with Gasteiger partial charge in [0.2, 0.25) is 0 Å². The Labute approximate surface area is 180 Å². The first kappa shape index (κ1) is 21.6. The van der Waals surface area contributed by atoms with Gasteiger partial charge in [0, 0.05) is 11.3 Å². The molecule has 0 saturated carbocycles. The maximum Gasteiger partial charge on any atom is 0.255 e. The lowest BCUT2D eigenvalue weighted by molar-refractivity contribution is 0.0944. The summed E-state index contributed by atoms with van der Waals surface area (Å²) in [6.07, 6.45) is 4.83. The largest absolute Gasteiger partial charge is 0.495 e. The number of hydrogen-bond acceptors (Lipinski definition) is 6. The molecule has 1 aromatic heterocycles. The van der Waals surface area contributed by atoms with Crippen LogP contribution in [0.25, 0.3) is 6.08 Å². The Hall–Kier alpha value is -4.13. The molecule has 0 fully saturated rings. The van der Waals surface area contributed by atoms with Gasteiger partial charge in [-0.1, -0.05) is 30.3 Å². The molecule has 31 heavy (non-hydrogen) atoms. The van der Waals surface area contributed by atoms with Gasteiger partial charge in [-0.2, -0.15) is 0 Å². The third kappa shape index (κ3) is 5.08. The maximum atomic E-state index is 12.7. The average molecular weight is 417 g/mol. The van der Waals surface area contributed by atoms with Crippen LogP contribution in [0.15, 0.2) is 65.3 Å². The summed E-state index contributed by atoms with van der Waals surface area (Å²) >= 11 is 0. The summed E-state index contributed by atoms with van der Waals surface area (Å²) in [4.78, 5) is 24.1. The molecular formula is C24H23N3O4. The van der Waals surface area contributed by atoms with E-state index in [1.807, 2.05) is 0 Å². The van der Waals surface area contributed by atoms with Crippen molar-refractivity contribution in [2.45, 2.75) is 13.5 Å². The number of rotatable bonds is 8. The number of benzene rings is 2. The van der Waals surface area contributed by atoms with Gasteiger partial charge in [-0.15, -0.1) is 0 Å². The van der Waals surface area contributed by atoms with Crippen LogP contribution in [0.4, 0.5) is 5.69 Å². The van der Waals surface area contributed by atoms with E-state index in [0.717, 1.165) is 5.56 Å². The minimum Gasteiger partial charge on any atom is -0.495 e. The predicted molar refractivity (Wildman–Crippen MR) is 120 cm³/mol. The lowest BCUT2D eigenvalue weighted by Gasteiger charge is -2.15. The summed E-state index contributed by atoms with van der Waals surface area (Å²) in [5, 5.41) is 11.2. The van der Waals surface area contributed by atoms with Crippen molar-refractivity contribution in [3.63, 3.8) is 0 Å². The third-order valence-electron chi connectivity index (χ3n) is 4.67. The summed E-state index contributed by atoms with van der Waals surface area (Å²) < 4.78 is 10.7. The molecule has 2 aromatic carbocycles. The summed E-state index contributed by atoms with van der Waals surface area (Å²) in [5.74, 6) is 0.460. The van der Waals surface area contributed by atoms with Crippen LogP contribution in [0, 0.1) is 5.41 Å². The summed E-state index contributed by atoms with van der Waals surface area (Å²) in [6.45, 7) is 1.73. The standard InChI is InChI=1S/C24H23N3O4/c1-15(28)17-8-5-16(6-9-17)7-11-20(25)22-21(26)12-10-19(23(22)30-2)24(29)27-14-18-4-3-13-31-18/h3-13,25H,14,26H2,1-2H3,(H,27,29)/b11-7+,25-20?. The molecule has 0 aliphatic heterocycles. The first-order valence-electron chi connectivity index (χ1n) is 9.55. The molecule has 1 heterocycles. The number of carbonyl (C=O) groups excluding carboxylic acids is 2. The molecule has 0 spiro atoms. The van der Waals surface area contributed by atoms with Crippen molar-refractivity contribution in [1.29, 1.82) is 5.41 Å². The molecule has 0 saturated heterocycles. The maximum absolute atomic E-state index is 12.7. The molecular weight excluding hydrogens is 394 g/mol. The monoisotopic (exact) mass is 417 g/mol. The van der Waals surface area contributed by atoms with Gasteiger partial charge in [-0.25, -0.2) is 0 Å². The number of nitrogen functional groups attached to an aromatic ring is 1. The Morgan fingerprint density at radius 3 is 2.52 bits per heavy atom. The number of furan rings is 1. The van der Waals surface area contributed by atoms with Crippen LogP contribution in [0.2, 0.25) is 0 Å². The lowest BCUT2D eigenvalue weighted by atomic mass is 10.0. The predicted octanol–water partition coefficient (Wildman–Crippen LogP) is 4.08. The molecule has 3 rings (SSSR count). The number of allylic oxidation sites excluding steroid dienone is 1. The van der Waals surface area contributed by atoms with Crippen molar-refractivity contribution >= 4 is 29.2 Å². The minimum absolute atomic E-state index is 0.0112. The van der Waals surface area contributed by atoms with Crippen molar-refractivity contribution in [2.75, 3.05) is 12.8 Å². The fraction of sp³-hybridized carbons (Fsp3) is 0.125. The Kier molecular flexibility index (Phi) is 6.67. The fourth-order valence-corrected chi connectivity index (χ4v) is 3.03. The molecule has 0 bridgehead atoms. The molecule has 3 aromatic rings. The Bertz CT molecular complexity index is 1130. The van der Waals surface area contributed by atoms with Gasteiger partial charge in [0.15, 0.2) is 5.78 Å². The second-order valence-corrected chi connectivity index (χ2v) is 6.80. The van der Waals surface area contributed by atoms with Crippen molar-refractivity contribution in [3.8, 4) is 5.75 Å². The van der Waals surface area contributed by atoms with Crippen molar-refractivity contribution in [2.24, 2.45) is 0 Å². The van der Waals surface area contributed by atoms with E-state index in [2.05, 4.69) is 5.32 Å². The van der Waals surface area contributed by atoms with E-state index in [9.17, 15) is 9.59 Å². The Morgan fingerprint density at radius 2 is 1.90 bits per heavy atom. The number of ether oxygens (including phenoxy) is 1. The minimum atomic E-state index is -0.369. The highest BCUT2D eigenvalue weighted by Crippen LogP contribution is 2.30. The van der Waals surface area contributed by atoms with Crippen LogP contribution < -0.4 is 15.8 Å². The number of carbonyl (C=O) groups is 2. The second kappa shape index (κ2) is 9.58. The first-order chi connectivity index (χ1) is 14.9. The highest BCUT2D eigenvalue weighted by Gasteiger charge is 2.20. The molecule has 7 heteroatoms. The Morgan fingerprint density at radius 1 is 1.16 bits per heavy atom. The zero-order valence-electron chi connectivity index (χ0n) is 17.3. The van der Waals surface area contributed by atoms with E-state index < -0.39 is 0 Å². The zero-order valence-corrected chi connectivity index (χ0v) is 17.3. The van der Waals surface area contributed by atoms with Crippen LogP contribution in [0.1, 0.15) is 44.5 Å². The van der Waals surface area contributed by atoms with Gasteiger partial charge >= 0.3 is 0 Å². The van der Waals surface area contributed by atoms with Crippen LogP contribution in [-0.4, -0.2) is 24.5 Å². The molecule has 0 aliphatic carbocycles. The fourth-order valence-electron chi connectivity index (χ4n) is 3.03. The van der Waals surface area contributed by atoms with Gasteiger partial charge in [0.05, 0.1) is 36.8 Å². The highest BCUT2D eigenvalue weighted by atomic mass is 16.5.